The maximum Gasteiger partial charge on any atom is 0.472 e. The summed E-state index contributed by atoms with van der Waals surface area (Å²) in [5.74, 6) is 1.12. The Balaban J connectivity index is 5.21. The molecule has 0 aliphatic heterocycles. The van der Waals surface area contributed by atoms with Gasteiger partial charge in [-0.1, -0.05) is 428 Å². The predicted octanol–water partition coefficient (Wildman–Crippen LogP) is 27.9. The number of hydrogen-bond donors (Lipinski definition) is 3. The Kier molecular flexibility index (Phi) is 78.1. The van der Waals surface area contributed by atoms with Crippen LogP contribution in [0.25, 0.3) is 0 Å². The zero-order valence-corrected chi connectivity index (χ0v) is 74.7. The summed E-state index contributed by atoms with van der Waals surface area (Å²) in [6, 6.07) is 0. The van der Waals surface area contributed by atoms with Crippen molar-refractivity contribution >= 4 is 39.5 Å². The molecule has 4 unspecified atom stereocenters. The monoisotopic (exact) mass is 1610 g/mol. The van der Waals surface area contributed by atoms with Crippen LogP contribution in [0.1, 0.15) is 479 Å². The van der Waals surface area contributed by atoms with Crippen LogP contribution in [-0.2, 0) is 65.4 Å². The van der Waals surface area contributed by atoms with E-state index in [9.17, 15) is 43.2 Å². The topological polar surface area (TPSA) is 237 Å². The first-order valence-corrected chi connectivity index (χ1v) is 49.8. The fourth-order valence-corrected chi connectivity index (χ4v) is 15.7. The zero-order valence-electron chi connectivity index (χ0n) is 72.9. The van der Waals surface area contributed by atoms with E-state index in [-0.39, 0.29) is 25.7 Å². The van der Waals surface area contributed by atoms with Crippen LogP contribution >= 0.6 is 15.6 Å². The zero-order chi connectivity index (χ0) is 80.9. The number of unbranched alkanes of at least 4 members (excludes halogenated alkanes) is 52. The number of hydrogen-bond acceptors (Lipinski definition) is 15. The van der Waals surface area contributed by atoms with Crippen molar-refractivity contribution in [1.82, 2.24) is 0 Å². The van der Waals surface area contributed by atoms with Gasteiger partial charge in [-0.05, 0) is 49.4 Å². The highest BCUT2D eigenvalue weighted by Gasteiger charge is 2.31. The first kappa shape index (κ1) is 108. The van der Waals surface area contributed by atoms with Gasteiger partial charge in [-0.3, -0.25) is 37.3 Å². The molecule has 19 heteroatoms. The Morgan fingerprint density at radius 1 is 0.255 bits per heavy atom. The van der Waals surface area contributed by atoms with Gasteiger partial charge in [-0.2, -0.15) is 0 Å². The molecule has 0 bridgehead atoms. The number of rotatable bonds is 88. The molecule has 17 nitrogen and oxygen atoms in total. The standard InChI is InChI=1S/C91H178O17P2/c1-9-83(7)69-61-53-45-39-33-27-23-24-30-36-42-48-58-66-73-90(95)107-86(77-101-88(93)71-63-55-46-40-34-28-21-17-13-11-15-19-25-31-37-43-51-59-67-81(3)4)79-105-109(97,98)103-75-85(92)76-104-110(99,100)106-80-87(78-102-89(94)72-64-56-50-49-54-62-70-84(8)10-2)108-91(96)74-65-57-47-41-35-29-22-18-14-12-16-20-26-32-38-44-52-60-68-82(5)6/h81-87,92H,9-80H2,1-8H3,(H,97,98)(H,99,100)/t83?,84?,85-,86-,87-/m1/s1. The second-order valence-corrected chi connectivity index (χ2v) is 37.0. The molecule has 0 aliphatic rings. The summed E-state index contributed by atoms with van der Waals surface area (Å²) in [5, 5.41) is 10.7. The summed E-state index contributed by atoms with van der Waals surface area (Å²) >= 11 is 0. The molecule has 0 saturated carbocycles. The molecule has 0 saturated heterocycles. The fraction of sp³-hybridized carbons (Fsp3) is 0.956. The SMILES string of the molecule is CCC(C)CCCCCCCCCCCCCCCCC(=O)O[C@H](COC(=O)CCCCCCCCCCCCCCCCCCCCC(C)C)COP(=O)(O)OC[C@@H](O)COP(=O)(O)OC[C@@H](COC(=O)CCCCCCCCC(C)CC)OC(=O)CCCCCCCCCCCCCCCCCCCCC(C)C. The van der Waals surface area contributed by atoms with Crippen LogP contribution in [0.4, 0.5) is 0 Å². The molecule has 0 aliphatic carbocycles. The van der Waals surface area contributed by atoms with Crippen LogP contribution in [0.2, 0.25) is 0 Å². The Morgan fingerprint density at radius 2 is 0.436 bits per heavy atom. The van der Waals surface area contributed by atoms with Crippen LogP contribution in [0.3, 0.4) is 0 Å². The largest absolute Gasteiger partial charge is 0.472 e. The van der Waals surface area contributed by atoms with Crippen LogP contribution in [0.5, 0.6) is 0 Å². The smallest absolute Gasteiger partial charge is 0.462 e. The number of aliphatic hydroxyl groups excluding tert-OH is 1. The lowest BCUT2D eigenvalue weighted by atomic mass is 9.99. The lowest BCUT2D eigenvalue weighted by molar-refractivity contribution is -0.161. The quantitative estimate of drug-likeness (QED) is 0.0222. The maximum absolute atomic E-state index is 13.2. The van der Waals surface area contributed by atoms with Gasteiger partial charge in [0.1, 0.15) is 19.3 Å². The predicted molar refractivity (Wildman–Crippen MR) is 455 cm³/mol. The number of phosphoric ester groups is 2. The van der Waals surface area contributed by atoms with Crippen molar-refractivity contribution in [2.45, 2.75) is 497 Å². The molecule has 0 heterocycles. The average molecular weight is 1610 g/mol. The highest BCUT2D eigenvalue weighted by atomic mass is 31.2. The van der Waals surface area contributed by atoms with Gasteiger partial charge in [0, 0.05) is 25.7 Å². The van der Waals surface area contributed by atoms with Gasteiger partial charge in [0.25, 0.3) is 0 Å². The lowest BCUT2D eigenvalue weighted by Crippen LogP contribution is -2.30. The first-order valence-electron chi connectivity index (χ1n) is 46.8. The molecular weight excluding hydrogens is 1430 g/mol. The fourth-order valence-electron chi connectivity index (χ4n) is 14.1. The van der Waals surface area contributed by atoms with E-state index in [1.54, 1.807) is 0 Å². The molecule has 110 heavy (non-hydrogen) atoms. The van der Waals surface area contributed by atoms with E-state index < -0.39 is 97.5 Å². The minimum absolute atomic E-state index is 0.107. The summed E-state index contributed by atoms with van der Waals surface area (Å²) < 4.78 is 69.0. The van der Waals surface area contributed by atoms with Gasteiger partial charge in [0.15, 0.2) is 12.2 Å². The number of esters is 4. The van der Waals surface area contributed by atoms with Crippen molar-refractivity contribution in [3.05, 3.63) is 0 Å². The van der Waals surface area contributed by atoms with Crippen molar-refractivity contribution < 1.29 is 80.2 Å². The summed E-state index contributed by atoms with van der Waals surface area (Å²) in [5.41, 5.74) is 0. The van der Waals surface area contributed by atoms with E-state index >= 15 is 0 Å². The molecule has 0 aromatic heterocycles. The minimum atomic E-state index is -4.97. The number of carbonyl (C=O) groups is 4. The summed E-state index contributed by atoms with van der Waals surface area (Å²) in [6.45, 7) is 14.4. The second-order valence-electron chi connectivity index (χ2n) is 34.1. The number of carbonyl (C=O) groups excluding carboxylic acids is 4. The molecule has 0 radical (unpaired) electrons. The Hall–Kier alpha value is -1.94. The number of ether oxygens (including phenoxy) is 4. The third kappa shape index (κ3) is 81.2. The van der Waals surface area contributed by atoms with Gasteiger partial charge in [-0.25, -0.2) is 9.13 Å². The van der Waals surface area contributed by atoms with Crippen LogP contribution in [-0.4, -0.2) is 96.7 Å². The van der Waals surface area contributed by atoms with Gasteiger partial charge >= 0.3 is 39.5 Å². The third-order valence-electron chi connectivity index (χ3n) is 22.0. The summed E-state index contributed by atoms with van der Waals surface area (Å²) in [7, 11) is -9.94. The molecule has 654 valence electrons. The Bertz CT molecular complexity index is 2130. The van der Waals surface area contributed by atoms with Crippen molar-refractivity contribution in [2.24, 2.45) is 23.7 Å². The molecular formula is C91H178O17P2. The third-order valence-corrected chi connectivity index (χ3v) is 23.9. The second kappa shape index (κ2) is 79.5. The molecule has 7 atom stereocenters. The number of aliphatic hydroxyl groups is 1. The summed E-state index contributed by atoms with van der Waals surface area (Å²) in [4.78, 5) is 73.4. The van der Waals surface area contributed by atoms with E-state index in [0.29, 0.717) is 25.7 Å². The minimum Gasteiger partial charge on any atom is -0.462 e. The van der Waals surface area contributed by atoms with Gasteiger partial charge in [-0.15, -0.1) is 0 Å². The Labute approximate surface area is 677 Å². The molecule has 0 rings (SSSR count). The molecule has 0 fully saturated rings. The Morgan fingerprint density at radius 3 is 0.645 bits per heavy atom. The van der Waals surface area contributed by atoms with Crippen molar-refractivity contribution in [3.63, 3.8) is 0 Å². The first-order chi connectivity index (χ1) is 53.2. The number of phosphoric acid groups is 2. The average Bonchev–Trinajstić information content (AvgIpc) is 0.894. The normalized spacial score (nSPS) is 14.3. The van der Waals surface area contributed by atoms with Crippen LogP contribution in [0.15, 0.2) is 0 Å². The lowest BCUT2D eigenvalue weighted by Gasteiger charge is -2.21. The van der Waals surface area contributed by atoms with Gasteiger partial charge in [0.2, 0.25) is 0 Å². The molecule has 0 aromatic rings. The van der Waals surface area contributed by atoms with Gasteiger partial charge < -0.3 is 33.8 Å². The molecule has 0 spiro atoms. The summed E-state index contributed by atoms with van der Waals surface area (Å²) in [6.07, 6.45) is 70.9. The van der Waals surface area contributed by atoms with Crippen molar-refractivity contribution in [3.8, 4) is 0 Å². The molecule has 0 aromatic carbocycles. The molecule has 3 N–H and O–H groups in total. The van der Waals surface area contributed by atoms with Crippen LogP contribution < -0.4 is 0 Å². The highest BCUT2D eigenvalue weighted by molar-refractivity contribution is 7.47. The van der Waals surface area contributed by atoms with Crippen molar-refractivity contribution in [1.29, 1.82) is 0 Å². The van der Waals surface area contributed by atoms with E-state index in [1.807, 2.05) is 0 Å². The van der Waals surface area contributed by atoms with Crippen molar-refractivity contribution in [2.75, 3.05) is 39.6 Å². The van der Waals surface area contributed by atoms with Gasteiger partial charge in [0.05, 0.1) is 26.4 Å². The molecule has 0 amide bonds. The maximum atomic E-state index is 13.2. The van der Waals surface area contributed by atoms with E-state index in [4.69, 9.17) is 37.0 Å². The van der Waals surface area contributed by atoms with E-state index in [0.717, 1.165) is 120 Å². The highest BCUT2D eigenvalue weighted by Crippen LogP contribution is 2.45. The van der Waals surface area contributed by atoms with E-state index in [2.05, 4.69) is 55.4 Å². The van der Waals surface area contributed by atoms with E-state index in [1.165, 1.54) is 276 Å². The van der Waals surface area contributed by atoms with Crippen LogP contribution in [0, 0.1) is 23.7 Å².